The topological polar surface area (TPSA) is 25.4 Å². The number of nitrogens with zero attached hydrogens (tertiary/aromatic N) is 2. The number of ether oxygens (including phenoxy) is 1. The highest BCUT2D eigenvalue weighted by Gasteiger charge is 2.24. The molecule has 1 fully saturated rings. The summed E-state index contributed by atoms with van der Waals surface area (Å²) in [5, 5.41) is 0. The van der Waals surface area contributed by atoms with Crippen molar-refractivity contribution < 1.29 is 4.74 Å². The summed E-state index contributed by atoms with van der Waals surface area (Å²) < 4.78 is 5.82. The van der Waals surface area contributed by atoms with Gasteiger partial charge in [0, 0.05) is 24.8 Å². The van der Waals surface area contributed by atoms with E-state index in [0.29, 0.717) is 11.9 Å². The smallest absolute Gasteiger partial charge is 0.219 e. The van der Waals surface area contributed by atoms with Crippen LogP contribution >= 0.6 is 0 Å². The van der Waals surface area contributed by atoms with Crippen LogP contribution in [0, 0.1) is 0 Å². The van der Waals surface area contributed by atoms with E-state index in [2.05, 4.69) is 46.3 Å². The van der Waals surface area contributed by atoms with Gasteiger partial charge in [-0.25, -0.2) is 4.98 Å². The Kier molecular flexibility index (Phi) is 5.27. The van der Waals surface area contributed by atoms with Gasteiger partial charge in [0.05, 0.1) is 0 Å². The van der Waals surface area contributed by atoms with Crippen LogP contribution in [0.3, 0.4) is 0 Å². The maximum atomic E-state index is 5.82. The number of aromatic nitrogens is 1. The van der Waals surface area contributed by atoms with E-state index in [1.807, 2.05) is 42.6 Å². The molecule has 0 aliphatic carbocycles. The average Bonchev–Trinajstić information content (AvgIpc) is 2.71. The Hall–Kier alpha value is -2.65. The summed E-state index contributed by atoms with van der Waals surface area (Å²) in [6, 6.07) is 25.1. The minimum Gasteiger partial charge on any atom is -0.439 e. The molecule has 0 spiro atoms. The van der Waals surface area contributed by atoms with E-state index in [0.717, 1.165) is 18.8 Å². The highest BCUT2D eigenvalue weighted by atomic mass is 16.5. The molecule has 0 amide bonds. The van der Waals surface area contributed by atoms with Gasteiger partial charge in [0.2, 0.25) is 5.88 Å². The Morgan fingerprint density at radius 2 is 1.65 bits per heavy atom. The van der Waals surface area contributed by atoms with E-state index in [1.165, 1.54) is 30.4 Å². The van der Waals surface area contributed by atoms with Crippen molar-refractivity contribution in [3.8, 4) is 11.6 Å². The Morgan fingerprint density at radius 1 is 0.885 bits per heavy atom. The van der Waals surface area contributed by atoms with Gasteiger partial charge in [0.15, 0.2) is 0 Å². The van der Waals surface area contributed by atoms with Gasteiger partial charge in [-0.05, 0) is 42.6 Å². The zero-order valence-electron chi connectivity index (χ0n) is 14.9. The van der Waals surface area contributed by atoms with Crippen LogP contribution in [0.15, 0.2) is 79.0 Å². The molecule has 3 aromatic rings. The lowest BCUT2D eigenvalue weighted by Gasteiger charge is -2.36. The molecule has 1 atom stereocenters. The molecule has 3 heteroatoms. The minimum atomic E-state index is 0.433. The van der Waals surface area contributed by atoms with Crippen molar-refractivity contribution in [2.75, 3.05) is 6.54 Å². The van der Waals surface area contributed by atoms with Crippen LogP contribution < -0.4 is 4.74 Å². The lowest BCUT2D eigenvalue weighted by atomic mass is 9.96. The molecule has 0 bridgehead atoms. The number of benzene rings is 2. The summed E-state index contributed by atoms with van der Waals surface area (Å²) in [6.07, 6.45) is 5.71. The van der Waals surface area contributed by atoms with Crippen molar-refractivity contribution >= 4 is 0 Å². The van der Waals surface area contributed by atoms with E-state index >= 15 is 0 Å². The van der Waals surface area contributed by atoms with Crippen LogP contribution in [-0.2, 0) is 6.54 Å². The number of para-hydroxylation sites is 1. The highest BCUT2D eigenvalue weighted by molar-refractivity contribution is 5.28. The summed E-state index contributed by atoms with van der Waals surface area (Å²) >= 11 is 0. The van der Waals surface area contributed by atoms with Gasteiger partial charge >= 0.3 is 0 Å². The normalized spacial score (nSPS) is 17.8. The van der Waals surface area contributed by atoms with Crippen LogP contribution in [0.4, 0.5) is 0 Å². The maximum Gasteiger partial charge on any atom is 0.219 e. The standard InChI is InChI=1S/C23H24N2O/c1-3-9-19(10-4-1)18-25-16-8-7-13-22(25)20-14-15-23(24-17-20)26-21-11-5-2-6-12-21/h1-6,9-12,14-15,17,22H,7-8,13,16,18H2/t22-/m1/s1. The zero-order valence-corrected chi connectivity index (χ0v) is 14.9. The molecular formula is C23H24N2O. The van der Waals surface area contributed by atoms with Crippen LogP contribution in [0.1, 0.15) is 36.4 Å². The van der Waals surface area contributed by atoms with Gasteiger partial charge in [-0.1, -0.05) is 61.0 Å². The van der Waals surface area contributed by atoms with E-state index in [1.54, 1.807) is 0 Å². The molecule has 0 radical (unpaired) electrons. The Labute approximate surface area is 155 Å². The third-order valence-electron chi connectivity index (χ3n) is 4.95. The van der Waals surface area contributed by atoms with Gasteiger partial charge in [-0.2, -0.15) is 0 Å². The largest absolute Gasteiger partial charge is 0.439 e. The van der Waals surface area contributed by atoms with Crippen molar-refractivity contribution in [1.29, 1.82) is 0 Å². The van der Waals surface area contributed by atoms with Gasteiger partial charge in [0.25, 0.3) is 0 Å². The fraction of sp³-hybridized carbons (Fsp3) is 0.261. The molecule has 0 N–H and O–H groups in total. The predicted molar refractivity (Wildman–Crippen MR) is 104 cm³/mol. The molecule has 2 heterocycles. The van der Waals surface area contributed by atoms with Gasteiger partial charge in [0.1, 0.15) is 5.75 Å². The highest BCUT2D eigenvalue weighted by Crippen LogP contribution is 2.32. The summed E-state index contributed by atoms with van der Waals surface area (Å²) in [5.41, 5.74) is 2.65. The van der Waals surface area contributed by atoms with Crippen LogP contribution in [0.2, 0.25) is 0 Å². The SMILES string of the molecule is c1ccc(CN2CCCC[C@@H]2c2ccc(Oc3ccccc3)nc2)cc1. The second kappa shape index (κ2) is 8.15. The minimum absolute atomic E-state index is 0.433. The Balaban J connectivity index is 1.47. The maximum absolute atomic E-state index is 5.82. The number of pyridine rings is 1. The molecule has 0 saturated carbocycles. The molecule has 3 nitrogen and oxygen atoms in total. The first-order chi connectivity index (χ1) is 12.9. The van der Waals surface area contributed by atoms with Gasteiger partial charge in [-0.3, -0.25) is 4.90 Å². The first kappa shape index (κ1) is 16.8. The first-order valence-electron chi connectivity index (χ1n) is 9.35. The van der Waals surface area contributed by atoms with Crippen LogP contribution in [-0.4, -0.2) is 16.4 Å². The second-order valence-corrected chi connectivity index (χ2v) is 6.81. The van der Waals surface area contributed by atoms with E-state index in [4.69, 9.17) is 4.74 Å². The van der Waals surface area contributed by atoms with Crippen molar-refractivity contribution in [3.05, 3.63) is 90.1 Å². The average molecular weight is 344 g/mol. The molecule has 4 rings (SSSR count). The van der Waals surface area contributed by atoms with Crippen molar-refractivity contribution in [1.82, 2.24) is 9.88 Å². The van der Waals surface area contributed by atoms with Gasteiger partial charge in [-0.15, -0.1) is 0 Å². The summed E-state index contributed by atoms with van der Waals surface area (Å²) in [5.74, 6) is 1.46. The molecule has 26 heavy (non-hydrogen) atoms. The van der Waals surface area contributed by atoms with Crippen LogP contribution in [0.25, 0.3) is 0 Å². The number of rotatable bonds is 5. The van der Waals surface area contributed by atoms with Crippen LogP contribution in [0.5, 0.6) is 11.6 Å². The molecule has 0 unspecified atom stereocenters. The number of likely N-dealkylation sites (tertiary alicyclic amines) is 1. The quantitative estimate of drug-likeness (QED) is 0.602. The zero-order chi connectivity index (χ0) is 17.6. The monoisotopic (exact) mass is 344 g/mol. The lowest BCUT2D eigenvalue weighted by molar-refractivity contribution is 0.140. The number of hydrogen-bond donors (Lipinski definition) is 0. The first-order valence-corrected chi connectivity index (χ1v) is 9.35. The summed E-state index contributed by atoms with van der Waals surface area (Å²) in [7, 11) is 0. The fourth-order valence-corrected chi connectivity index (χ4v) is 3.63. The number of piperidine rings is 1. The van der Waals surface area contributed by atoms with E-state index < -0.39 is 0 Å². The second-order valence-electron chi connectivity index (χ2n) is 6.81. The van der Waals surface area contributed by atoms with Crippen molar-refractivity contribution in [3.63, 3.8) is 0 Å². The third kappa shape index (κ3) is 4.12. The Morgan fingerprint density at radius 3 is 2.38 bits per heavy atom. The fourth-order valence-electron chi connectivity index (χ4n) is 3.63. The van der Waals surface area contributed by atoms with Crippen molar-refractivity contribution in [2.45, 2.75) is 31.8 Å². The third-order valence-corrected chi connectivity index (χ3v) is 4.95. The molecule has 132 valence electrons. The molecule has 1 aliphatic heterocycles. The Bertz CT molecular complexity index is 803. The number of hydrogen-bond acceptors (Lipinski definition) is 3. The van der Waals surface area contributed by atoms with E-state index in [9.17, 15) is 0 Å². The molecular weight excluding hydrogens is 320 g/mol. The molecule has 1 aliphatic rings. The lowest BCUT2D eigenvalue weighted by Crippen LogP contribution is -2.32. The molecule has 2 aromatic carbocycles. The summed E-state index contributed by atoms with van der Waals surface area (Å²) in [6.45, 7) is 2.13. The summed E-state index contributed by atoms with van der Waals surface area (Å²) in [4.78, 5) is 7.12. The molecule has 1 saturated heterocycles. The van der Waals surface area contributed by atoms with Gasteiger partial charge < -0.3 is 4.74 Å². The van der Waals surface area contributed by atoms with E-state index in [-0.39, 0.29) is 0 Å². The van der Waals surface area contributed by atoms with Crippen molar-refractivity contribution in [2.24, 2.45) is 0 Å². The predicted octanol–water partition coefficient (Wildman–Crippen LogP) is 5.60. The molecule has 1 aromatic heterocycles.